The number of nitrogens with one attached hydrogen (secondary N) is 1. The minimum absolute atomic E-state index is 0.0505. The predicted octanol–water partition coefficient (Wildman–Crippen LogP) is 4.82. The highest BCUT2D eigenvalue weighted by molar-refractivity contribution is 5.90. The van der Waals surface area contributed by atoms with Crippen molar-refractivity contribution in [1.82, 2.24) is 25.2 Å². The number of hydrogen-bond donors (Lipinski definition) is 1. The highest BCUT2D eigenvalue weighted by Gasteiger charge is 2.36. The van der Waals surface area contributed by atoms with Crippen LogP contribution >= 0.6 is 0 Å². The van der Waals surface area contributed by atoms with Crippen molar-refractivity contribution in [2.45, 2.75) is 71.0 Å². The van der Waals surface area contributed by atoms with Gasteiger partial charge >= 0.3 is 0 Å². The molecular formula is C30H39N5O4. The second-order valence-electron chi connectivity index (χ2n) is 10.9. The number of carbonyl (C=O) groups excluding carboxylic acids is 2. The van der Waals surface area contributed by atoms with E-state index in [-0.39, 0.29) is 18.4 Å². The maximum Gasteiger partial charge on any atom is 0.247 e. The number of para-hydroxylation sites is 2. The molecule has 3 aromatic rings. The second-order valence-corrected chi connectivity index (χ2v) is 10.9. The van der Waals surface area contributed by atoms with Gasteiger partial charge in [0.25, 0.3) is 0 Å². The van der Waals surface area contributed by atoms with Crippen molar-refractivity contribution in [3.63, 3.8) is 0 Å². The summed E-state index contributed by atoms with van der Waals surface area (Å²) < 4.78 is 12.9. The molecule has 2 amide bonds. The van der Waals surface area contributed by atoms with Crippen LogP contribution < -0.4 is 14.8 Å². The number of rotatable bonds is 10. The summed E-state index contributed by atoms with van der Waals surface area (Å²) in [6.07, 6.45) is 7.34. The van der Waals surface area contributed by atoms with Gasteiger partial charge in [-0.2, -0.15) is 0 Å². The van der Waals surface area contributed by atoms with Gasteiger partial charge in [0.05, 0.1) is 19.7 Å². The lowest BCUT2D eigenvalue weighted by Crippen LogP contribution is -2.50. The summed E-state index contributed by atoms with van der Waals surface area (Å²) in [5, 5.41) is 11.5. The number of benzene rings is 2. The Bertz CT molecular complexity index is 1340. The molecule has 2 aromatic carbocycles. The normalized spacial score (nSPS) is 14.4. The van der Waals surface area contributed by atoms with Crippen molar-refractivity contribution in [2.75, 3.05) is 20.8 Å². The van der Waals surface area contributed by atoms with Crippen LogP contribution in [0.15, 0.2) is 54.1 Å². The van der Waals surface area contributed by atoms with Crippen LogP contribution in [0.2, 0.25) is 0 Å². The molecule has 0 saturated carbocycles. The Morgan fingerprint density at radius 2 is 1.87 bits per heavy atom. The summed E-state index contributed by atoms with van der Waals surface area (Å²) in [6, 6.07) is 12.0. The number of methoxy groups -OCH3 is 2. The van der Waals surface area contributed by atoms with Crippen LogP contribution in [0.4, 0.5) is 0 Å². The zero-order valence-electron chi connectivity index (χ0n) is 23.6. The van der Waals surface area contributed by atoms with Crippen LogP contribution in [-0.4, -0.2) is 58.0 Å². The number of amides is 2. The fraction of sp³-hybridized carbons (Fsp3) is 0.467. The first-order valence-corrected chi connectivity index (χ1v) is 13.5. The largest absolute Gasteiger partial charge is 0.493 e. The van der Waals surface area contributed by atoms with Crippen LogP contribution in [0, 0.1) is 0 Å². The second kappa shape index (κ2) is 12.3. The molecule has 1 heterocycles. The van der Waals surface area contributed by atoms with Crippen molar-refractivity contribution < 1.29 is 19.1 Å². The number of carbonyl (C=O) groups is 2. The molecule has 0 bridgehead atoms. The first kappa shape index (κ1) is 28.1. The zero-order valence-corrected chi connectivity index (χ0v) is 23.6. The van der Waals surface area contributed by atoms with E-state index in [9.17, 15) is 9.59 Å². The smallest absolute Gasteiger partial charge is 0.247 e. The summed E-state index contributed by atoms with van der Waals surface area (Å²) in [5.74, 6) is 0.396. The highest BCUT2D eigenvalue weighted by atomic mass is 16.5. The number of ether oxygens (including phenoxy) is 2. The first-order valence-electron chi connectivity index (χ1n) is 13.5. The Hall–Kier alpha value is -3.88. The molecule has 0 spiro atoms. The van der Waals surface area contributed by atoms with Gasteiger partial charge in [0, 0.05) is 17.6 Å². The average Bonchev–Trinajstić information content (AvgIpc) is 3.32. The predicted molar refractivity (Wildman–Crippen MR) is 151 cm³/mol. The molecule has 1 aliphatic rings. The molecule has 1 aromatic heterocycles. The summed E-state index contributed by atoms with van der Waals surface area (Å²) in [7, 11) is 3.10. The van der Waals surface area contributed by atoms with Crippen LogP contribution in [0.25, 0.3) is 11.0 Å². The standard InChI is InChI=1S/C30H39N5O4/c1-30(2,3)31-29(37)27(22-14-11-17-25(38-4)28(22)39-5)34(19-18-21-12-7-6-8-13-21)26(36)20-35-24-16-10-9-15-23(24)32-33-35/h9-12,14-17,27H,6-8,13,18-20H2,1-5H3,(H,31,37). The molecule has 39 heavy (non-hydrogen) atoms. The Balaban J connectivity index is 1.78. The van der Waals surface area contributed by atoms with Gasteiger partial charge in [-0.1, -0.05) is 41.1 Å². The fourth-order valence-corrected chi connectivity index (χ4v) is 5.06. The van der Waals surface area contributed by atoms with E-state index in [1.54, 1.807) is 29.9 Å². The molecule has 0 saturated heterocycles. The molecule has 0 fully saturated rings. The maximum absolute atomic E-state index is 14.1. The Kier molecular flexibility index (Phi) is 8.89. The number of allylic oxidation sites excluding steroid dienone is 1. The van der Waals surface area contributed by atoms with Gasteiger partial charge < -0.3 is 19.7 Å². The molecule has 1 N–H and O–H groups in total. The van der Waals surface area contributed by atoms with Gasteiger partial charge in [0.2, 0.25) is 11.8 Å². The van der Waals surface area contributed by atoms with Crippen molar-refractivity contribution >= 4 is 22.8 Å². The van der Waals surface area contributed by atoms with Gasteiger partial charge in [-0.15, -0.1) is 5.10 Å². The lowest BCUT2D eigenvalue weighted by molar-refractivity contribution is -0.142. The number of fused-ring (bicyclic) bond motifs is 1. The van der Waals surface area contributed by atoms with E-state index in [0.29, 0.717) is 35.5 Å². The third-order valence-electron chi connectivity index (χ3n) is 6.87. The summed E-state index contributed by atoms with van der Waals surface area (Å²) in [5.41, 5.74) is 2.84. The van der Waals surface area contributed by atoms with E-state index < -0.39 is 11.6 Å². The van der Waals surface area contributed by atoms with Gasteiger partial charge in [0.1, 0.15) is 18.1 Å². The summed E-state index contributed by atoms with van der Waals surface area (Å²) in [4.78, 5) is 29.8. The van der Waals surface area contributed by atoms with Gasteiger partial charge in [-0.25, -0.2) is 4.68 Å². The van der Waals surface area contributed by atoms with Crippen LogP contribution in [0.5, 0.6) is 11.5 Å². The molecule has 9 nitrogen and oxygen atoms in total. The Morgan fingerprint density at radius 3 is 2.56 bits per heavy atom. The number of hydrogen-bond acceptors (Lipinski definition) is 6. The number of aromatic nitrogens is 3. The molecule has 208 valence electrons. The third-order valence-corrected chi connectivity index (χ3v) is 6.87. The van der Waals surface area contributed by atoms with Gasteiger partial charge in [-0.3, -0.25) is 9.59 Å². The van der Waals surface area contributed by atoms with Crippen molar-refractivity contribution in [1.29, 1.82) is 0 Å². The molecule has 4 rings (SSSR count). The monoisotopic (exact) mass is 533 g/mol. The molecule has 0 radical (unpaired) electrons. The molecule has 0 aliphatic heterocycles. The Labute approximate surface area is 230 Å². The van der Waals surface area contributed by atoms with Crippen molar-refractivity contribution in [3.05, 3.63) is 59.7 Å². The van der Waals surface area contributed by atoms with Gasteiger partial charge in [0.15, 0.2) is 11.5 Å². The SMILES string of the molecule is COc1cccc(C(C(=O)NC(C)(C)C)N(CCC2=CCCCC2)C(=O)Cn2nnc3ccccc32)c1OC. The van der Waals surface area contributed by atoms with Crippen LogP contribution in [0.3, 0.4) is 0 Å². The minimum atomic E-state index is -0.944. The zero-order chi connectivity index (χ0) is 28.0. The van der Waals surface area contributed by atoms with Crippen molar-refractivity contribution in [2.24, 2.45) is 0 Å². The van der Waals surface area contributed by atoms with E-state index in [4.69, 9.17) is 9.47 Å². The third kappa shape index (κ3) is 6.77. The lowest BCUT2D eigenvalue weighted by Gasteiger charge is -2.35. The average molecular weight is 534 g/mol. The Morgan fingerprint density at radius 1 is 1.08 bits per heavy atom. The lowest BCUT2D eigenvalue weighted by atomic mass is 9.95. The maximum atomic E-state index is 14.1. The topological polar surface area (TPSA) is 98.6 Å². The van der Waals surface area contributed by atoms with Crippen LogP contribution in [0.1, 0.15) is 64.5 Å². The molecular weight excluding hydrogens is 494 g/mol. The molecule has 1 unspecified atom stereocenters. The van der Waals surface area contributed by atoms with E-state index in [1.165, 1.54) is 12.0 Å². The quantitative estimate of drug-likeness (QED) is 0.375. The minimum Gasteiger partial charge on any atom is -0.493 e. The fourth-order valence-electron chi connectivity index (χ4n) is 5.06. The van der Waals surface area contributed by atoms with Crippen LogP contribution in [-0.2, 0) is 16.1 Å². The van der Waals surface area contributed by atoms with E-state index in [2.05, 4.69) is 21.7 Å². The number of nitrogens with zero attached hydrogens (tertiary/aromatic N) is 4. The molecule has 9 heteroatoms. The highest BCUT2D eigenvalue weighted by Crippen LogP contribution is 2.38. The van der Waals surface area contributed by atoms with Crippen molar-refractivity contribution in [3.8, 4) is 11.5 Å². The van der Waals surface area contributed by atoms with Gasteiger partial charge in [-0.05, 0) is 71.1 Å². The molecule has 1 atom stereocenters. The van der Waals surface area contributed by atoms with E-state index in [0.717, 1.165) is 24.8 Å². The first-order chi connectivity index (χ1) is 18.7. The molecule has 1 aliphatic carbocycles. The summed E-state index contributed by atoms with van der Waals surface area (Å²) >= 11 is 0. The van der Waals surface area contributed by atoms with E-state index >= 15 is 0 Å². The summed E-state index contributed by atoms with van der Waals surface area (Å²) in [6.45, 7) is 6.09. The van der Waals surface area contributed by atoms with E-state index in [1.807, 2.05) is 57.2 Å².